The highest BCUT2D eigenvalue weighted by molar-refractivity contribution is 9.10. The lowest BCUT2D eigenvalue weighted by Gasteiger charge is -2.09. The van der Waals surface area contributed by atoms with E-state index in [0.717, 1.165) is 16.6 Å². The normalized spacial score (nSPS) is 10.2. The molecule has 4 nitrogen and oxygen atoms in total. The fraction of sp³-hybridized carbons (Fsp3) is 0.200. The van der Waals surface area contributed by atoms with Crippen molar-refractivity contribution >= 4 is 39.3 Å². The second-order valence-corrected chi connectivity index (χ2v) is 5.59. The first-order valence-corrected chi connectivity index (χ1v) is 7.71. The van der Waals surface area contributed by atoms with Crippen LogP contribution in [-0.2, 0) is 6.54 Å². The fourth-order valence-electron chi connectivity index (χ4n) is 1.78. The third-order valence-electron chi connectivity index (χ3n) is 2.82. The third-order valence-corrected chi connectivity index (χ3v) is 3.89. The third kappa shape index (κ3) is 4.19. The number of hydrogen-bond acceptors (Lipinski definition) is 3. The summed E-state index contributed by atoms with van der Waals surface area (Å²) in [4.78, 5) is 16.4. The van der Waals surface area contributed by atoms with Gasteiger partial charge in [-0.15, -0.1) is 0 Å². The van der Waals surface area contributed by atoms with Crippen LogP contribution in [0.2, 0.25) is 5.02 Å². The average Bonchev–Trinajstić information content (AvgIpc) is 2.48. The molecule has 21 heavy (non-hydrogen) atoms. The molecule has 0 atom stereocenters. The van der Waals surface area contributed by atoms with Crippen molar-refractivity contribution in [1.29, 1.82) is 0 Å². The van der Waals surface area contributed by atoms with E-state index in [-0.39, 0.29) is 11.6 Å². The summed E-state index contributed by atoms with van der Waals surface area (Å²) in [6.45, 7) is 3.10. The minimum Gasteiger partial charge on any atom is -0.370 e. The zero-order chi connectivity index (χ0) is 15.2. The fourth-order valence-corrected chi connectivity index (χ4v) is 2.40. The highest BCUT2D eigenvalue weighted by atomic mass is 79.9. The monoisotopic (exact) mass is 367 g/mol. The molecule has 0 aliphatic rings. The van der Waals surface area contributed by atoms with Crippen molar-refractivity contribution in [2.75, 3.05) is 11.9 Å². The molecule has 1 amide bonds. The summed E-state index contributed by atoms with van der Waals surface area (Å²) in [6.07, 6.45) is 0. The Balaban J connectivity index is 2.10. The summed E-state index contributed by atoms with van der Waals surface area (Å²) in [5, 5.41) is 6.21. The number of aromatic nitrogens is 1. The van der Waals surface area contributed by atoms with Gasteiger partial charge in [0.05, 0.1) is 5.02 Å². The first-order valence-electron chi connectivity index (χ1n) is 6.54. The van der Waals surface area contributed by atoms with Crippen molar-refractivity contribution in [2.24, 2.45) is 0 Å². The van der Waals surface area contributed by atoms with Crippen molar-refractivity contribution in [3.8, 4) is 0 Å². The number of benzene rings is 1. The molecular weight excluding hydrogens is 354 g/mol. The van der Waals surface area contributed by atoms with E-state index in [9.17, 15) is 4.79 Å². The molecule has 1 aromatic heterocycles. The first kappa shape index (κ1) is 15.8. The summed E-state index contributed by atoms with van der Waals surface area (Å²) in [6, 6.07) is 11.1. The maximum atomic E-state index is 12.2. The molecule has 110 valence electrons. The molecule has 2 rings (SSSR count). The van der Waals surface area contributed by atoms with Gasteiger partial charge in [-0.25, -0.2) is 4.98 Å². The molecule has 0 spiro atoms. The van der Waals surface area contributed by atoms with Gasteiger partial charge < -0.3 is 10.6 Å². The highest BCUT2D eigenvalue weighted by Crippen LogP contribution is 2.18. The Kier molecular flexibility index (Phi) is 5.59. The number of carbonyl (C=O) groups is 1. The van der Waals surface area contributed by atoms with Crippen LogP contribution in [0, 0.1) is 0 Å². The molecule has 0 unspecified atom stereocenters. The number of halogens is 2. The summed E-state index contributed by atoms with van der Waals surface area (Å²) in [7, 11) is 0. The SMILES string of the molecule is CCNc1ccc(Cl)c(C(=O)NCc2ccccc2Br)n1. The van der Waals surface area contributed by atoms with Crippen molar-refractivity contribution in [2.45, 2.75) is 13.5 Å². The van der Waals surface area contributed by atoms with Gasteiger partial charge in [-0.05, 0) is 30.7 Å². The smallest absolute Gasteiger partial charge is 0.271 e. The van der Waals surface area contributed by atoms with E-state index in [1.165, 1.54) is 0 Å². The van der Waals surface area contributed by atoms with Gasteiger partial charge in [0.15, 0.2) is 0 Å². The minimum atomic E-state index is -0.296. The predicted molar refractivity (Wildman–Crippen MR) is 88.7 cm³/mol. The largest absolute Gasteiger partial charge is 0.370 e. The van der Waals surface area contributed by atoms with Gasteiger partial charge in [0.25, 0.3) is 5.91 Å². The minimum absolute atomic E-state index is 0.224. The van der Waals surface area contributed by atoms with E-state index in [1.54, 1.807) is 12.1 Å². The first-order chi connectivity index (χ1) is 10.1. The Morgan fingerprint density at radius 3 is 2.76 bits per heavy atom. The number of rotatable bonds is 5. The zero-order valence-electron chi connectivity index (χ0n) is 11.5. The summed E-state index contributed by atoms with van der Waals surface area (Å²) in [5.74, 6) is 0.337. The van der Waals surface area contributed by atoms with E-state index >= 15 is 0 Å². The Morgan fingerprint density at radius 2 is 2.05 bits per heavy atom. The van der Waals surface area contributed by atoms with Crippen LogP contribution in [0.1, 0.15) is 23.0 Å². The molecule has 0 aliphatic heterocycles. The van der Waals surface area contributed by atoms with Crippen molar-refractivity contribution in [1.82, 2.24) is 10.3 Å². The predicted octanol–water partition coefficient (Wildman–Crippen LogP) is 3.86. The summed E-state index contributed by atoms with van der Waals surface area (Å²) >= 11 is 9.49. The van der Waals surface area contributed by atoms with E-state index < -0.39 is 0 Å². The molecule has 0 aliphatic carbocycles. The summed E-state index contributed by atoms with van der Waals surface area (Å²) < 4.78 is 0.950. The lowest BCUT2D eigenvalue weighted by atomic mass is 10.2. The Hall–Kier alpha value is -1.59. The standard InChI is InChI=1S/C15H15BrClN3O/c1-2-18-13-8-7-12(17)14(20-13)15(21)19-9-10-5-3-4-6-11(10)16/h3-8H,2,9H2,1H3,(H,18,20)(H,19,21). The van der Waals surface area contributed by atoms with Gasteiger partial charge in [0, 0.05) is 17.6 Å². The van der Waals surface area contributed by atoms with E-state index in [1.807, 2.05) is 31.2 Å². The van der Waals surface area contributed by atoms with Crippen molar-refractivity contribution in [3.05, 3.63) is 57.2 Å². The van der Waals surface area contributed by atoms with Crippen LogP contribution < -0.4 is 10.6 Å². The number of amides is 1. The lowest BCUT2D eigenvalue weighted by molar-refractivity contribution is 0.0946. The average molecular weight is 369 g/mol. The van der Waals surface area contributed by atoms with Crippen LogP contribution in [0.5, 0.6) is 0 Å². The van der Waals surface area contributed by atoms with Gasteiger partial charge in [-0.3, -0.25) is 4.79 Å². The number of nitrogens with one attached hydrogen (secondary N) is 2. The number of hydrogen-bond donors (Lipinski definition) is 2. The Bertz CT molecular complexity index is 649. The van der Waals surface area contributed by atoms with Gasteiger partial charge in [0.2, 0.25) is 0 Å². The zero-order valence-corrected chi connectivity index (χ0v) is 13.8. The van der Waals surface area contributed by atoms with Crippen LogP contribution >= 0.6 is 27.5 Å². The number of carbonyl (C=O) groups excluding carboxylic acids is 1. The van der Waals surface area contributed by atoms with E-state index in [2.05, 4.69) is 31.5 Å². The molecule has 0 radical (unpaired) electrons. The molecule has 0 fully saturated rings. The van der Waals surface area contributed by atoms with E-state index in [4.69, 9.17) is 11.6 Å². The Morgan fingerprint density at radius 1 is 1.29 bits per heavy atom. The maximum absolute atomic E-state index is 12.2. The summed E-state index contributed by atoms with van der Waals surface area (Å²) in [5.41, 5.74) is 1.21. The number of pyridine rings is 1. The second kappa shape index (κ2) is 7.43. The molecule has 1 heterocycles. The van der Waals surface area contributed by atoms with Crippen LogP contribution in [0.25, 0.3) is 0 Å². The Labute approximate surface area is 137 Å². The van der Waals surface area contributed by atoms with Crippen molar-refractivity contribution in [3.63, 3.8) is 0 Å². The van der Waals surface area contributed by atoms with Crippen LogP contribution in [0.3, 0.4) is 0 Å². The molecular formula is C15H15BrClN3O. The van der Waals surface area contributed by atoms with Gasteiger partial charge in [-0.1, -0.05) is 45.7 Å². The molecule has 2 N–H and O–H groups in total. The molecule has 0 saturated heterocycles. The maximum Gasteiger partial charge on any atom is 0.271 e. The molecule has 2 aromatic rings. The molecule has 0 saturated carbocycles. The number of anilines is 1. The second-order valence-electron chi connectivity index (χ2n) is 4.33. The molecule has 6 heteroatoms. The van der Waals surface area contributed by atoms with Crippen molar-refractivity contribution < 1.29 is 4.79 Å². The van der Waals surface area contributed by atoms with Crippen LogP contribution in [0.15, 0.2) is 40.9 Å². The lowest BCUT2D eigenvalue weighted by Crippen LogP contribution is -2.24. The quantitative estimate of drug-likeness (QED) is 0.842. The van der Waals surface area contributed by atoms with Crippen LogP contribution in [-0.4, -0.2) is 17.4 Å². The number of nitrogens with zero attached hydrogens (tertiary/aromatic N) is 1. The molecule has 0 bridgehead atoms. The highest BCUT2D eigenvalue weighted by Gasteiger charge is 2.13. The van der Waals surface area contributed by atoms with Crippen LogP contribution in [0.4, 0.5) is 5.82 Å². The topological polar surface area (TPSA) is 54.0 Å². The van der Waals surface area contributed by atoms with Gasteiger partial charge >= 0.3 is 0 Å². The van der Waals surface area contributed by atoms with E-state index in [0.29, 0.717) is 17.4 Å². The molecule has 1 aromatic carbocycles. The van der Waals surface area contributed by atoms with Gasteiger partial charge in [-0.2, -0.15) is 0 Å². The van der Waals surface area contributed by atoms with Gasteiger partial charge in [0.1, 0.15) is 11.5 Å².